The molecule has 0 radical (unpaired) electrons. The lowest BCUT2D eigenvalue weighted by Gasteiger charge is -2.16. The van der Waals surface area contributed by atoms with Crippen molar-refractivity contribution in [1.29, 1.82) is 0 Å². The van der Waals surface area contributed by atoms with Gasteiger partial charge in [-0.1, -0.05) is 19.9 Å². The SMILES string of the molecule is CC(C)CCNC[C@@H](C)NS(=O)(=O)c1ccc2cnccc2c1. The van der Waals surface area contributed by atoms with Crippen molar-refractivity contribution in [3.8, 4) is 0 Å². The molecule has 1 heterocycles. The Morgan fingerprint density at radius 1 is 1.13 bits per heavy atom. The first-order valence-corrected chi connectivity index (χ1v) is 9.43. The molecule has 0 unspecified atom stereocenters. The van der Waals surface area contributed by atoms with E-state index in [1.165, 1.54) is 0 Å². The van der Waals surface area contributed by atoms with Gasteiger partial charge in [0.15, 0.2) is 0 Å². The molecule has 5 nitrogen and oxygen atoms in total. The van der Waals surface area contributed by atoms with Gasteiger partial charge in [-0.25, -0.2) is 13.1 Å². The normalized spacial score (nSPS) is 13.6. The zero-order valence-corrected chi connectivity index (χ0v) is 14.7. The van der Waals surface area contributed by atoms with Crippen molar-refractivity contribution in [3.05, 3.63) is 36.7 Å². The van der Waals surface area contributed by atoms with Crippen LogP contribution in [0.5, 0.6) is 0 Å². The minimum Gasteiger partial charge on any atom is -0.315 e. The third kappa shape index (κ3) is 5.27. The van der Waals surface area contributed by atoms with Gasteiger partial charge in [-0.3, -0.25) is 4.98 Å². The van der Waals surface area contributed by atoms with E-state index in [4.69, 9.17) is 0 Å². The Kier molecular flexibility index (Phi) is 6.10. The predicted molar refractivity (Wildman–Crippen MR) is 93.9 cm³/mol. The molecule has 0 spiro atoms. The maximum Gasteiger partial charge on any atom is 0.240 e. The molecule has 1 atom stereocenters. The zero-order valence-electron chi connectivity index (χ0n) is 13.9. The maximum atomic E-state index is 12.5. The second kappa shape index (κ2) is 7.86. The standard InChI is InChI=1S/C17H25N3O2S/c1-13(2)6-8-18-11-14(3)20-23(21,22)17-5-4-16-12-19-9-7-15(16)10-17/h4-5,7,9-10,12-14,18,20H,6,8,11H2,1-3H3/t14-/m1/s1. The smallest absolute Gasteiger partial charge is 0.240 e. The van der Waals surface area contributed by atoms with Crippen molar-refractivity contribution in [2.24, 2.45) is 5.92 Å². The highest BCUT2D eigenvalue weighted by Crippen LogP contribution is 2.18. The summed E-state index contributed by atoms with van der Waals surface area (Å²) < 4.78 is 27.7. The Morgan fingerprint density at radius 2 is 1.91 bits per heavy atom. The minimum atomic E-state index is -3.51. The quantitative estimate of drug-likeness (QED) is 0.727. The second-order valence-corrected chi connectivity index (χ2v) is 8.01. The summed E-state index contributed by atoms with van der Waals surface area (Å²) in [6.45, 7) is 7.72. The van der Waals surface area contributed by atoms with Gasteiger partial charge in [0, 0.05) is 30.4 Å². The molecule has 23 heavy (non-hydrogen) atoms. The Labute approximate surface area is 138 Å². The van der Waals surface area contributed by atoms with Gasteiger partial charge in [-0.05, 0) is 49.4 Å². The van der Waals surface area contributed by atoms with Crippen LogP contribution in [0.1, 0.15) is 27.2 Å². The van der Waals surface area contributed by atoms with E-state index < -0.39 is 10.0 Å². The van der Waals surface area contributed by atoms with Gasteiger partial charge in [0.1, 0.15) is 0 Å². The molecule has 2 N–H and O–H groups in total. The first kappa shape index (κ1) is 17.8. The molecule has 0 amide bonds. The lowest BCUT2D eigenvalue weighted by molar-refractivity contribution is 0.501. The number of benzene rings is 1. The average Bonchev–Trinajstić information content (AvgIpc) is 2.50. The molecule has 126 valence electrons. The maximum absolute atomic E-state index is 12.5. The van der Waals surface area contributed by atoms with Crippen molar-refractivity contribution < 1.29 is 8.42 Å². The molecule has 0 aliphatic heterocycles. The summed E-state index contributed by atoms with van der Waals surface area (Å²) in [7, 11) is -3.51. The van der Waals surface area contributed by atoms with Crippen LogP contribution in [0.3, 0.4) is 0 Å². The molecule has 0 aliphatic carbocycles. The summed E-state index contributed by atoms with van der Waals surface area (Å²) in [5, 5.41) is 5.08. The largest absolute Gasteiger partial charge is 0.315 e. The Morgan fingerprint density at radius 3 is 2.65 bits per heavy atom. The molecular weight excluding hydrogens is 310 g/mol. The minimum absolute atomic E-state index is 0.166. The van der Waals surface area contributed by atoms with E-state index in [0.29, 0.717) is 12.5 Å². The third-order valence-corrected chi connectivity index (χ3v) is 5.21. The van der Waals surface area contributed by atoms with Crippen molar-refractivity contribution in [2.75, 3.05) is 13.1 Å². The van der Waals surface area contributed by atoms with Crippen LogP contribution < -0.4 is 10.0 Å². The summed E-state index contributed by atoms with van der Waals surface area (Å²) >= 11 is 0. The van der Waals surface area contributed by atoms with Gasteiger partial charge < -0.3 is 5.32 Å². The number of hydrogen-bond acceptors (Lipinski definition) is 4. The fraction of sp³-hybridized carbons (Fsp3) is 0.471. The van der Waals surface area contributed by atoms with Crippen LogP contribution in [0.4, 0.5) is 0 Å². The number of nitrogens with zero attached hydrogens (tertiary/aromatic N) is 1. The van der Waals surface area contributed by atoms with Crippen LogP contribution in [0.15, 0.2) is 41.6 Å². The van der Waals surface area contributed by atoms with Crippen molar-refractivity contribution in [3.63, 3.8) is 0 Å². The molecule has 6 heteroatoms. The fourth-order valence-corrected chi connectivity index (χ4v) is 3.59. The summed E-state index contributed by atoms with van der Waals surface area (Å²) in [6.07, 6.45) is 4.46. The highest BCUT2D eigenvalue weighted by Gasteiger charge is 2.17. The number of rotatable bonds is 8. The number of pyridine rings is 1. The molecule has 0 bridgehead atoms. The van der Waals surface area contributed by atoms with E-state index in [1.54, 1.807) is 30.6 Å². The molecule has 0 saturated heterocycles. The van der Waals surface area contributed by atoms with E-state index in [1.807, 2.05) is 13.0 Å². The highest BCUT2D eigenvalue weighted by molar-refractivity contribution is 7.89. The van der Waals surface area contributed by atoms with Gasteiger partial charge in [0.25, 0.3) is 0 Å². The summed E-state index contributed by atoms with van der Waals surface area (Å²) in [5.74, 6) is 0.640. The first-order chi connectivity index (χ1) is 10.9. The Bertz CT molecular complexity index is 744. The van der Waals surface area contributed by atoms with Crippen LogP contribution in [0.25, 0.3) is 10.8 Å². The van der Waals surface area contributed by atoms with E-state index in [0.717, 1.165) is 23.7 Å². The molecule has 1 aromatic carbocycles. The van der Waals surface area contributed by atoms with Crippen LogP contribution in [0, 0.1) is 5.92 Å². The summed E-state index contributed by atoms with van der Waals surface area (Å²) in [6, 6.07) is 6.72. The molecule has 1 aromatic heterocycles. The van der Waals surface area contributed by atoms with Crippen molar-refractivity contribution in [2.45, 2.75) is 38.1 Å². The first-order valence-electron chi connectivity index (χ1n) is 7.95. The highest BCUT2D eigenvalue weighted by atomic mass is 32.2. The number of fused-ring (bicyclic) bond motifs is 1. The van der Waals surface area contributed by atoms with E-state index in [2.05, 4.69) is 28.9 Å². The van der Waals surface area contributed by atoms with E-state index in [9.17, 15) is 8.42 Å². The molecule has 2 aromatic rings. The van der Waals surface area contributed by atoms with Gasteiger partial charge in [0.05, 0.1) is 4.90 Å². The zero-order chi connectivity index (χ0) is 16.9. The number of sulfonamides is 1. The van der Waals surface area contributed by atoms with Crippen LogP contribution >= 0.6 is 0 Å². The summed E-state index contributed by atoms with van der Waals surface area (Å²) in [5.41, 5.74) is 0. The molecular formula is C17H25N3O2S. The number of aromatic nitrogens is 1. The van der Waals surface area contributed by atoms with E-state index >= 15 is 0 Å². The molecule has 2 rings (SSSR count). The lowest BCUT2D eigenvalue weighted by Crippen LogP contribution is -2.40. The predicted octanol–water partition coefficient (Wildman–Crippen LogP) is 2.54. The van der Waals surface area contributed by atoms with Gasteiger partial charge in [-0.15, -0.1) is 0 Å². The fourth-order valence-electron chi connectivity index (χ4n) is 2.31. The summed E-state index contributed by atoms with van der Waals surface area (Å²) in [4.78, 5) is 4.32. The number of nitrogens with one attached hydrogen (secondary N) is 2. The lowest BCUT2D eigenvalue weighted by atomic mass is 10.1. The molecule has 0 aliphatic rings. The monoisotopic (exact) mass is 335 g/mol. The van der Waals surface area contributed by atoms with E-state index in [-0.39, 0.29) is 10.9 Å². The Hall–Kier alpha value is -1.50. The second-order valence-electron chi connectivity index (χ2n) is 6.29. The number of hydrogen-bond donors (Lipinski definition) is 2. The van der Waals surface area contributed by atoms with Gasteiger partial charge >= 0.3 is 0 Å². The van der Waals surface area contributed by atoms with Crippen LogP contribution in [-0.2, 0) is 10.0 Å². The van der Waals surface area contributed by atoms with Crippen LogP contribution in [0.2, 0.25) is 0 Å². The Balaban J connectivity index is 1.99. The average molecular weight is 335 g/mol. The van der Waals surface area contributed by atoms with Crippen LogP contribution in [-0.4, -0.2) is 32.5 Å². The van der Waals surface area contributed by atoms with Crippen molar-refractivity contribution >= 4 is 20.8 Å². The van der Waals surface area contributed by atoms with Gasteiger partial charge in [0.2, 0.25) is 10.0 Å². The van der Waals surface area contributed by atoms with Gasteiger partial charge in [-0.2, -0.15) is 0 Å². The molecule has 0 fully saturated rings. The topological polar surface area (TPSA) is 71.1 Å². The third-order valence-electron chi connectivity index (χ3n) is 3.63. The molecule has 0 saturated carbocycles. The van der Waals surface area contributed by atoms with Crippen molar-refractivity contribution in [1.82, 2.24) is 15.0 Å².